The number of hydrogen-bond acceptors (Lipinski definition) is 8. The maximum Gasteiger partial charge on any atom is 0.348 e. The van der Waals surface area contributed by atoms with Gasteiger partial charge in [-0.3, -0.25) is 19.7 Å². The van der Waals surface area contributed by atoms with Crippen molar-refractivity contribution in [3.8, 4) is 0 Å². The summed E-state index contributed by atoms with van der Waals surface area (Å²) in [6.07, 6.45) is 1.90. The summed E-state index contributed by atoms with van der Waals surface area (Å²) in [7, 11) is 0. The van der Waals surface area contributed by atoms with Gasteiger partial charge in [0.05, 0.1) is 15.9 Å². The van der Waals surface area contributed by atoms with Crippen LogP contribution in [0.3, 0.4) is 0 Å². The van der Waals surface area contributed by atoms with Crippen LogP contribution in [0.4, 0.5) is 5.69 Å². The first-order valence-electron chi connectivity index (χ1n) is 8.43. The number of amides is 1. The van der Waals surface area contributed by atoms with E-state index in [4.69, 9.17) is 4.42 Å². The van der Waals surface area contributed by atoms with E-state index in [1.54, 1.807) is 19.2 Å². The van der Waals surface area contributed by atoms with Crippen LogP contribution in [0, 0.1) is 17.0 Å². The fraction of sp³-hybridized carbons (Fsp3) is 0.158. The molecule has 0 saturated carbocycles. The third kappa shape index (κ3) is 4.27. The average Bonchev–Trinajstić information content (AvgIpc) is 3.07. The Balaban J connectivity index is 1.73. The molecular formula is C19H15N3O6S. The summed E-state index contributed by atoms with van der Waals surface area (Å²) in [6.45, 7) is 3.36. The van der Waals surface area contributed by atoms with Gasteiger partial charge in [-0.05, 0) is 36.9 Å². The fourth-order valence-corrected chi connectivity index (χ4v) is 3.53. The van der Waals surface area contributed by atoms with Crippen LogP contribution in [0.1, 0.15) is 34.8 Å². The zero-order valence-electron chi connectivity index (χ0n) is 15.4. The molecule has 3 aromatic rings. The molecule has 0 spiro atoms. The van der Waals surface area contributed by atoms with Gasteiger partial charge < -0.3 is 9.73 Å². The highest BCUT2D eigenvalue weighted by atomic mass is 32.1. The van der Waals surface area contributed by atoms with Crippen molar-refractivity contribution in [1.82, 2.24) is 10.3 Å². The molecule has 1 N–H and O–H groups in total. The molecule has 0 bridgehead atoms. The molecule has 10 heteroatoms. The number of rotatable bonds is 6. The molecule has 0 aliphatic rings. The molecule has 2 heterocycles. The van der Waals surface area contributed by atoms with Crippen LogP contribution >= 0.6 is 11.3 Å². The van der Waals surface area contributed by atoms with Gasteiger partial charge in [0.15, 0.2) is 5.78 Å². The predicted octanol–water partition coefficient (Wildman–Crippen LogP) is 3.08. The molecule has 0 aliphatic carbocycles. The maximum atomic E-state index is 12.2. The molecule has 3 rings (SSSR count). The minimum Gasteiger partial charge on any atom is -0.406 e. The first kappa shape index (κ1) is 20.1. The summed E-state index contributed by atoms with van der Waals surface area (Å²) in [6, 6.07) is 4.72. The van der Waals surface area contributed by atoms with Crippen LogP contribution in [-0.2, 0) is 4.79 Å². The van der Waals surface area contributed by atoms with Crippen LogP contribution in [0.25, 0.3) is 10.2 Å². The van der Waals surface area contributed by atoms with E-state index in [-0.39, 0.29) is 17.1 Å². The standard InChI is InChI=1S/C19H15N3O6S/c1-10-9-29-18-16(10)19(25)28-17(21-18)11(2)20-15(24)8-7-14(23)12-5-3-4-6-13(12)22(26)27/h3-9,11H,1-2H3,(H,20,24)/b8-7+/t11-/m0/s1. The predicted molar refractivity (Wildman–Crippen MR) is 106 cm³/mol. The fourth-order valence-electron chi connectivity index (χ4n) is 2.62. The van der Waals surface area contributed by atoms with Crippen molar-refractivity contribution >= 4 is 38.9 Å². The topological polar surface area (TPSA) is 132 Å². The number of para-hydroxylation sites is 1. The average molecular weight is 413 g/mol. The van der Waals surface area contributed by atoms with Gasteiger partial charge in [-0.1, -0.05) is 12.1 Å². The molecule has 1 amide bonds. The number of thiophene rings is 1. The monoisotopic (exact) mass is 413 g/mol. The molecule has 0 saturated heterocycles. The van der Waals surface area contributed by atoms with E-state index in [1.165, 1.54) is 35.6 Å². The van der Waals surface area contributed by atoms with Crippen LogP contribution in [0.15, 0.2) is 51.0 Å². The van der Waals surface area contributed by atoms with Gasteiger partial charge >= 0.3 is 5.63 Å². The van der Waals surface area contributed by atoms with Crippen molar-refractivity contribution in [1.29, 1.82) is 0 Å². The van der Waals surface area contributed by atoms with Crippen LogP contribution in [0.5, 0.6) is 0 Å². The Morgan fingerprint density at radius 1 is 1.31 bits per heavy atom. The Morgan fingerprint density at radius 2 is 2.03 bits per heavy atom. The van der Waals surface area contributed by atoms with Crippen molar-refractivity contribution in [2.45, 2.75) is 19.9 Å². The van der Waals surface area contributed by atoms with E-state index >= 15 is 0 Å². The molecule has 1 atom stereocenters. The van der Waals surface area contributed by atoms with Crippen LogP contribution in [-0.4, -0.2) is 21.6 Å². The van der Waals surface area contributed by atoms with E-state index in [1.807, 2.05) is 0 Å². The molecule has 0 radical (unpaired) electrons. The van der Waals surface area contributed by atoms with Gasteiger partial charge in [0.25, 0.3) is 5.69 Å². The number of aromatic nitrogens is 1. The van der Waals surface area contributed by atoms with E-state index in [9.17, 15) is 24.5 Å². The maximum absolute atomic E-state index is 12.2. The Bertz CT molecular complexity index is 1210. The normalized spacial score (nSPS) is 12.2. The molecule has 9 nitrogen and oxygen atoms in total. The highest BCUT2D eigenvalue weighted by molar-refractivity contribution is 7.16. The number of nitrogens with zero attached hydrogens (tertiary/aromatic N) is 2. The van der Waals surface area contributed by atoms with E-state index in [0.29, 0.717) is 10.2 Å². The highest BCUT2D eigenvalue weighted by Gasteiger charge is 2.19. The van der Waals surface area contributed by atoms with Gasteiger partial charge in [0.1, 0.15) is 10.9 Å². The van der Waals surface area contributed by atoms with Crippen molar-refractivity contribution in [2.75, 3.05) is 0 Å². The number of fused-ring (bicyclic) bond motifs is 1. The molecule has 2 aromatic heterocycles. The summed E-state index contributed by atoms with van der Waals surface area (Å²) >= 11 is 1.30. The minimum atomic E-state index is -0.729. The summed E-state index contributed by atoms with van der Waals surface area (Å²) in [5.74, 6) is -1.28. The zero-order valence-corrected chi connectivity index (χ0v) is 16.2. The first-order valence-corrected chi connectivity index (χ1v) is 9.31. The Hall–Kier alpha value is -3.66. The third-order valence-corrected chi connectivity index (χ3v) is 5.04. The summed E-state index contributed by atoms with van der Waals surface area (Å²) < 4.78 is 5.19. The lowest BCUT2D eigenvalue weighted by molar-refractivity contribution is -0.385. The quantitative estimate of drug-likeness (QED) is 0.284. The van der Waals surface area contributed by atoms with Crippen molar-refractivity contribution in [3.05, 3.63) is 79.3 Å². The molecule has 0 aliphatic heterocycles. The number of benzene rings is 1. The first-order chi connectivity index (χ1) is 13.8. The Morgan fingerprint density at radius 3 is 2.76 bits per heavy atom. The lowest BCUT2D eigenvalue weighted by Crippen LogP contribution is -2.26. The minimum absolute atomic E-state index is 0.0381. The molecule has 148 valence electrons. The lowest BCUT2D eigenvalue weighted by Gasteiger charge is -2.10. The van der Waals surface area contributed by atoms with Crippen molar-refractivity contribution < 1.29 is 18.9 Å². The highest BCUT2D eigenvalue weighted by Crippen LogP contribution is 2.22. The van der Waals surface area contributed by atoms with Gasteiger partial charge in [0, 0.05) is 12.1 Å². The molecule has 1 aromatic carbocycles. The lowest BCUT2D eigenvalue weighted by atomic mass is 10.1. The number of ketones is 1. The van der Waals surface area contributed by atoms with E-state index in [0.717, 1.165) is 17.7 Å². The van der Waals surface area contributed by atoms with Crippen LogP contribution in [0.2, 0.25) is 0 Å². The van der Waals surface area contributed by atoms with Gasteiger partial charge in [-0.25, -0.2) is 9.78 Å². The number of carbonyl (C=O) groups excluding carboxylic acids is 2. The number of aryl methyl sites for hydroxylation is 1. The van der Waals surface area contributed by atoms with Gasteiger partial charge in [0.2, 0.25) is 11.8 Å². The second-order valence-corrected chi connectivity index (χ2v) is 7.00. The molecule has 0 unspecified atom stereocenters. The largest absolute Gasteiger partial charge is 0.406 e. The van der Waals surface area contributed by atoms with Crippen LogP contribution < -0.4 is 10.9 Å². The van der Waals surface area contributed by atoms with Gasteiger partial charge in [-0.15, -0.1) is 11.3 Å². The summed E-state index contributed by atoms with van der Waals surface area (Å²) in [5.41, 5.74) is -0.236. The Kier molecular flexibility index (Phi) is 5.64. The molecule has 0 fully saturated rings. The molecular weight excluding hydrogens is 398 g/mol. The third-order valence-electron chi connectivity index (χ3n) is 4.05. The van der Waals surface area contributed by atoms with E-state index < -0.39 is 28.3 Å². The smallest absolute Gasteiger partial charge is 0.348 e. The van der Waals surface area contributed by atoms with Crippen molar-refractivity contribution in [3.63, 3.8) is 0 Å². The number of hydrogen-bond donors (Lipinski definition) is 1. The van der Waals surface area contributed by atoms with Crippen molar-refractivity contribution in [2.24, 2.45) is 0 Å². The summed E-state index contributed by atoms with van der Waals surface area (Å²) in [4.78, 5) is 51.5. The number of nitro groups is 1. The number of nitrogens with one attached hydrogen (secondary N) is 1. The SMILES string of the molecule is Cc1csc2nc([C@H](C)NC(=O)/C=C/C(=O)c3ccccc3[N+](=O)[O-])oc(=O)c12. The van der Waals surface area contributed by atoms with E-state index in [2.05, 4.69) is 10.3 Å². The number of allylic oxidation sites excluding steroid dienone is 1. The second-order valence-electron chi connectivity index (χ2n) is 6.14. The molecule has 29 heavy (non-hydrogen) atoms. The zero-order chi connectivity index (χ0) is 21.1. The number of nitro benzene ring substituents is 1. The van der Waals surface area contributed by atoms with Gasteiger partial charge in [-0.2, -0.15) is 0 Å². The summed E-state index contributed by atoms with van der Waals surface area (Å²) in [5, 5.41) is 15.7. The second kappa shape index (κ2) is 8.15. The Labute approximate surface area is 167 Å². The number of carbonyl (C=O) groups is 2.